The Balaban J connectivity index is 1.80. The number of hydrogen-bond acceptors (Lipinski definition) is 6. The Bertz CT molecular complexity index is 1240. The van der Waals surface area contributed by atoms with Gasteiger partial charge in [-0.1, -0.05) is 17.3 Å². The Morgan fingerprint density at radius 2 is 1.83 bits per heavy atom. The van der Waals surface area contributed by atoms with Gasteiger partial charge in [-0.05, 0) is 44.2 Å². The van der Waals surface area contributed by atoms with Crippen LogP contribution in [-0.2, 0) is 0 Å². The highest BCUT2D eigenvalue weighted by Crippen LogP contribution is 2.31. The van der Waals surface area contributed by atoms with Crippen molar-refractivity contribution in [2.24, 2.45) is 0 Å². The van der Waals surface area contributed by atoms with Crippen LogP contribution in [0.2, 0.25) is 0 Å². The molecular formula is C21H18N4O3S. The van der Waals surface area contributed by atoms with E-state index in [1.807, 2.05) is 19.1 Å². The molecule has 146 valence electrons. The van der Waals surface area contributed by atoms with Crippen LogP contribution in [0.5, 0.6) is 0 Å². The Hall–Kier alpha value is -3.52. The quantitative estimate of drug-likeness (QED) is 0.530. The topological polar surface area (TPSA) is 97.1 Å². The van der Waals surface area contributed by atoms with Crippen molar-refractivity contribution < 1.29 is 14.1 Å². The molecule has 3 aromatic heterocycles. The summed E-state index contributed by atoms with van der Waals surface area (Å²) >= 11 is 1.58. The third-order valence-electron chi connectivity index (χ3n) is 4.50. The van der Waals surface area contributed by atoms with Gasteiger partial charge < -0.3 is 15.2 Å². The predicted molar refractivity (Wildman–Crippen MR) is 112 cm³/mol. The maximum atomic E-state index is 13.2. The van der Waals surface area contributed by atoms with Crippen LogP contribution in [0.1, 0.15) is 31.3 Å². The van der Waals surface area contributed by atoms with Crippen molar-refractivity contribution in [3.05, 3.63) is 64.2 Å². The van der Waals surface area contributed by atoms with E-state index in [2.05, 4.69) is 20.8 Å². The van der Waals surface area contributed by atoms with Gasteiger partial charge in [-0.15, -0.1) is 11.3 Å². The number of benzene rings is 1. The zero-order valence-electron chi connectivity index (χ0n) is 16.1. The van der Waals surface area contributed by atoms with Gasteiger partial charge in [-0.3, -0.25) is 9.59 Å². The molecule has 0 unspecified atom stereocenters. The molecule has 0 bridgehead atoms. The Kier molecular flexibility index (Phi) is 4.85. The van der Waals surface area contributed by atoms with Gasteiger partial charge in [0.25, 0.3) is 17.5 Å². The molecule has 0 radical (unpaired) electrons. The number of thiophene rings is 1. The SMILES string of the molecule is CNC(=O)c1ccccc1NC(=O)c1cc(-c2ccc(C)s2)nc2onc(C)c12. The smallest absolute Gasteiger partial charge is 0.259 e. The Morgan fingerprint density at radius 3 is 2.55 bits per heavy atom. The number of nitrogens with one attached hydrogen (secondary N) is 2. The van der Waals surface area contributed by atoms with E-state index in [0.717, 1.165) is 9.75 Å². The third kappa shape index (κ3) is 3.50. The molecule has 7 nitrogen and oxygen atoms in total. The first-order valence-corrected chi connectivity index (χ1v) is 9.76. The minimum Gasteiger partial charge on any atom is -0.355 e. The van der Waals surface area contributed by atoms with Gasteiger partial charge in [-0.2, -0.15) is 0 Å². The van der Waals surface area contributed by atoms with Gasteiger partial charge in [0, 0.05) is 11.9 Å². The van der Waals surface area contributed by atoms with E-state index in [1.165, 1.54) is 0 Å². The van der Waals surface area contributed by atoms with Gasteiger partial charge >= 0.3 is 0 Å². The van der Waals surface area contributed by atoms with Gasteiger partial charge in [0.2, 0.25) is 0 Å². The molecule has 0 aliphatic heterocycles. The fraction of sp³-hybridized carbons (Fsp3) is 0.143. The number of para-hydroxylation sites is 1. The number of aromatic nitrogens is 2. The van der Waals surface area contributed by atoms with Crippen LogP contribution < -0.4 is 10.6 Å². The first kappa shape index (κ1) is 18.8. The van der Waals surface area contributed by atoms with Crippen molar-refractivity contribution in [1.29, 1.82) is 0 Å². The molecule has 29 heavy (non-hydrogen) atoms. The van der Waals surface area contributed by atoms with E-state index >= 15 is 0 Å². The molecule has 0 aliphatic rings. The summed E-state index contributed by atoms with van der Waals surface area (Å²) in [6.45, 7) is 3.77. The maximum absolute atomic E-state index is 13.2. The largest absolute Gasteiger partial charge is 0.355 e. The van der Waals surface area contributed by atoms with Crippen molar-refractivity contribution in [3.8, 4) is 10.6 Å². The average molecular weight is 406 g/mol. The van der Waals surface area contributed by atoms with E-state index in [4.69, 9.17) is 4.52 Å². The lowest BCUT2D eigenvalue weighted by Gasteiger charge is -2.11. The van der Waals surface area contributed by atoms with Crippen LogP contribution in [0.25, 0.3) is 21.7 Å². The fourth-order valence-electron chi connectivity index (χ4n) is 3.09. The van der Waals surface area contributed by atoms with E-state index in [-0.39, 0.29) is 11.8 Å². The van der Waals surface area contributed by atoms with Crippen LogP contribution in [0.4, 0.5) is 5.69 Å². The molecule has 0 spiro atoms. The summed E-state index contributed by atoms with van der Waals surface area (Å²) in [6.07, 6.45) is 0. The number of rotatable bonds is 4. The highest BCUT2D eigenvalue weighted by atomic mass is 32.1. The van der Waals surface area contributed by atoms with Crippen LogP contribution in [0.3, 0.4) is 0 Å². The molecule has 0 saturated carbocycles. The van der Waals surface area contributed by atoms with Crippen molar-refractivity contribution in [1.82, 2.24) is 15.5 Å². The highest BCUT2D eigenvalue weighted by Gasteiger charge is 2.21. The molecular weight excluding hydrogens is 388 g/mol. The summed E-state index contributed by atoms with van der Waals surface area (Å²) in [4.78, 5) is 31.9. The summed E-state index contributed by atoms with van der Waals surface area (Å²) in [5.41, 5.74) is 2.70. The lowest BCUT2D eigenvalue weighted by molar-refractivity contribution is 0.0964. The third-order valence-corrected chi connectivity index (χ3v) is 5.52. The van der Waals surface area contributed by atoms with Crippen LogP contribution in [0, 0.1) is 13.8 Å². The van der Waals surface area contributed by atoms with Crippen molar-refractivity contribution in [3.63, 3.8) is 0 Å². The van der Waals surface area contributed by atoms with Gasteiger partial charge in [0.1, 0.15) is 0 Å². The van der Waals surface area contributed by atoms with Crippen LogP contribution >= 0.6 is 11.3 Å². The summed E-state index contributed by atoms with van der Waals surface area (Å²) in [7, 11) is 1.54. The van der Waals surface area contributed by atoms with E-state index in [0.29, 0.717) is 39.3 Å². The molecule has 8 heteroatoms. The number of anilines is 1. The van der Waals surface area contributed by atoms with Crippen LogP contribution in [-0.4, -0.2) is 29.0 Å². The van der Waals surface area contributed by atoms with Crippen molar-refractivity contribution in [2.45, 2.75) is 13.8 Å². The number of nitrogens with zero attached hydrogens (tertiary/aromatic N) is 2. The second kappa shape index (κ2) is 7.48. The molecule has 0 atom stereocenters. The second-order valence-electron chi connectivity index (χ2n) is 6.49. The molecule has 0 aliphatic carbocycles. The standard InChI is InChI=1S/C21H18N4O3S/c1-11-8-9-17(29-11)16-10-14(18-12(2)25-28-21(18)24-16)20(27)23-15-7-5-4-6-13(15)19(26)22-3/h4-10H,1-3H3,(H,22,26)(H,23,27). The molecule has 2 N–H and O–H groups in total. The fourth-order valence-corrected chi connectivity index (χ4v) is 3.91. The van der Waals surface area contributed by atoms with E-state index in [9.17, 15) is 9.59 Å². The molecule has 3 heterocycles. The minimum absolute atomic E-state index is 0.281. The average Bonchev–Trinajstić information content (AvgIpc) is 3.33. The number of carbonyl (C=O) groups is 2. The van der Waals surface area contributed by atoms with Gasteiger partial charge in [0.15, 0.2) is 0 Å². The predicted octanol–water partition coefficient (Wildman–Crippen LogP) is 4.18. The lowest BCUT2D eigenvalue weighted by atomic mass is 10.1. The van der Waals surface area contributed by atoms with Gasteiger partial charge in [0.05, 0.1) is 38.5 Å². The molecule has 2 amide bonds. The summed E-state index contributed by atoms with van der Waals surface area (Å²) in [5.74, 6) is -0.647. The summed E-state index contributed by atoms with van der Waals surface area (Å²) in [5, 5.41) is 9.94. The zero-order valence-corrected chi connectivity index (χ0v) is 16.9. The molecule has 1 aromatic carbocycles. The van der Waals surface area contributed by atoms with Crippen molar-refractivity contribution in [2.75, 3.05) is 12.4 Å². The minimum atomic E-state index is -0.366. The van der Waals surface area contributed by atoms with Crippen LogP contribution in [0.15, 0.2) is 47.0 Å². The second-order valence-corrected chi connectivity index (χ2v) is 7.78. The van der Waals surface area contributed by atoms with Crippen molar-refractivity contribution >= 4 is 39.9 Å². The van der Waals surface area contributed by atoms with E-state index in [1.54, 1.807) is 55.6 Å². The maximum Gasteiger partial charge on any atom is 0.259 e. The lowest BCUT2D eigenvalue weighted by Crippen LogP contribution is -2.21. The zero-order chi connectivity index (χ0) is 20.5. The monoisotopic (exact) mass is 406 g/mol. The first-order chi connectivity index (χ1) is 14.0. The Labute approximate surface area is 170 Å². The number of hydrogen-bond donors (Lipinski definition) is 2. The number of carbonyl (C=O) groups excluding carboxylic acids is 2. The molecule has 0 saturated heterocycles. The number of fused-ring (bicyclic) bond motifs is 1. The van der Waals surface area contributed by atoms with Gasteiger partial charge in [-0.25, -0.2) is 4.98 Å². The first-order valence-electron chi connectivity index (χ1n) is 8.94. The highest BCUT2D eigenvalue weighted by molar-refractivity contribution is 7.15. The molecule has 0 fully saturated rings. The molecule has 4 rings (SSSR count). The number of amides is 2. The molecule has 4 aromatic rings. The summed E-state index contributed by atoms with van der Waals surface area (Å²) in [6, 6.07) is 12.5. The number of pyridine rings is 1. The normalized spacial score (nSPS) is 10.9. The number of aryl methyl sites for hydroxylation is 2. The van der Waals surface area contributed by atoms with E-state index < -0.39 is 0 Å². The summed E-state index contributed by atoms with van der Waals surface area (Å²) < 4.78 is 5.34. The Morgan fingerprint density at radius 1 is 1.03 bits per heavy atom.